The van der Waals surface area contributed by atoms with Gasteiger partial charge in [-0.3, -0.25) is 0 Å². The molecule has 1 saturated carbocycles. The number of hydrogen-bond acceptors (Lipinski definition) is 3. The molecule has 0 unspecified atom stereocenters. The molecule has 2 N–H and O–H groups in total. The molecule has 2 rings (SSSR count). The van der Waals surface area contributed by atoms with E-state index >= 15 is 0 Å². The van der Waals surface area contributed by atoms with Crippen molar-refractivity contribution in [2.24, 2.45) is 5.73 Å². The largest absolute Gasteiger partial charge is 0.320 e. The minimum atomic E-state index is -3.19. The maximum atomic E-state index is 12.5. The van der Waals surface area contributed by atoms with Gasteiger partial charge in [-0.2, -0.15) is 0 Å². The van der Waals surface area contributed by atoms with Crippen molar-refractivity contribution in [1.29, 1.82) is 0 Å². The van der Waals surface area contributed by atoms with Gasteiger partial charge >= 0.3 is 0 Å². The van der Waals surface area contributed by atoms with E-state index in [0.717, 1.165) is 36.8 Å². The first kappa shape index (κ1) is 16.0. The SMILES string of the molecule is CN(Cc1cccc(C#CCN)c1)S(=O)(=O)C1CCCC1. The van der Waals surface area contributed by atoms with Crippen molar-refractivity contribution >= 4 is 10.0 Å². The lowest BCUT2D eigenvalue weighted by Gasteiger charge is -2.21. The summed E-state index contributed by atoms with van der Waals surface area (Å²) in [5.41, 5.74) is 7.17. The Kier molecular flexibility index (Phi) is 5.40. The first-order chi connectivity index (χ1) is 10.0. The lowest BCUT2D eigenvalue weighted by Crippen LogP contribution is -2.34. The van der Waals surface area contributed by atoms with Crippen molar-refractivity contribution in [2.75, 3.05) is 13.6 Å². The van der Waals surface area contributed by atoms with Gasteiger partial charge in [0.1, 0.15) is 0 Å². The molecule has 0 radical (unpaired) electrons. The quantitative estimate of drug-likeness (QED) is 0.861. The van der Waals surface area contributed by atoms with Crippen LogP contribution in [0.15, 0.2) is 24.3 Å². The number of nitrogens with two attached hydrogens (primary N) is 1. The Morgan fingerprint density at radius 2 is 2.05 bits per heavy atom. The molecule has 0 aromatic heterocycles. The molecule has 0 amide bonds. The van der Waals surface area contributed by atoms with E-state index in [0.29, 0.717) is 13.1 Å². The van der Waals surface area contributed by atoms with Crippen LogP contribution in [0.1, 0.15) is 36.8 Å². The standard InChI is InChI=1S/C16H22N2O2S/c1-18(21(19,20)16-9-2-3-10-16)13-15-7-4-6-14(12-15)8-5-11-17/h4,6-7,12,16H,2-3,9-11,13,17H2,1H3. The molecule has 114 valence electrons. The minimum absolute atomic E-state index is 0.206. The van der Waals surface area contributed by atoms with E-state index in [1.165, 1.54) is 4.31 Å². The monoisotopic (exact) mass is 306 g/mol. The number of sulfonamides is 1. The molecule has 1 aliphatic rings. The Hall–Kier alpha value is -1.35. The summed E-state index contributed by atoms with van der Waals surface area (Å²) in [5, 5.41) is -0.206. The molecule has 4 nitrogen and oxygen atoms in total. The summed E-state index contributed by atoms with van der Waals surface area (Å²) in [4.78, 5) is 0. The highest BCUT2D eigenvalue weighted by molar-refractivity contribution is 7.89. The van der Waals surface area contributed by atoms with Crippen molar-refractivity contribution in [3.8, 4) is 11.8 Å². The van der Waals surface area contributed by atoms with Crippen molar-refractivity contribution in [3.05, 3.63) is 35.4 Å². The van der Waals surface area contributed by atoms with Crippen LogP contribution in [0.3, 0.4) is 0 Å². The van der Waals surface area contributed by atoms with Gasteiger partial charge in [0.05, 0.1) is 11.8 Å². The van der Waals surface area contributed by atoms with E-state index in [9.17, 15) is 8.42 Å². The summed E-state index contributed by atoms with van der Waals surface area (Å²) in [7, 11) is -1.53. The first-order valence-corrected chi connectivity index (χ1v) is 8.77. The molecule has 0 bridgehead atoms. The van der Waals surface area contributed by atoms with E-state index in [2.05, 4.69) is 11.8 Å². The second kappa shape index (κ2) is 7.08. The van der Waals surface area contributed by atoms with Gasteiger partial charge in [0.25, 0.3) is 0 Å². The maximum absolute atomic E-state index is 12.5. The zero-order valence-corrected chi connectivity index (χ0v) is 13.2. The Morgan fingerprint density at radius 1 is 1.33 bits per heavy atom. The predicted molar refractivity (Wildman–Crippen MR) is 85.0 cm³/mol. The zero-order valence-electron chi connectivity index (χ0n) is 12.4. The van der Waals surface area contributed by atoms with E-state index in [-0.39, 0.29) is 5.25 Å². The van der Waals surface area contributed by atoms with Crippen LogP contribution in [-0.4, -0.2) is 31.6 Å². The highest BCUT2D eigenvalue weighted by atomic mass is 32.2. The summed E-state index contributed by atoms with van der Waals surface area (Å²) in [5.74, 6) is 5.77. The van der Waals surface area contributed by atoms with Gasteiger partial charge in [-0.1, -0.05) is 36.8 Å². The third-order valence-corrected chi connectivity index (χ3v) is 6.14. The molecule has 0 aliphatic heterocycles. The van der Waals surface area contributed by atoms with Gasteiger partial charge in [-0.15, -0.1) is 0 Å². The van der Waals surface area contributed by atoms with Gasteiger partial charge in [0.2, 0.25) is 10.0 Å². The smallest absolute Gasteiger partial charge is 0.217 e. The van der Waals surface area contributed by atoms with Crippen molar-refractivity contribution < 1.29 is 8.42 Å². The Morgan fingerprint density at radius 3 is 2.71 bits per heavy atom. The van der Waals surface area contributed by atoms with Crippen LogP contribution in [0.5, 0.6) is 0 Å². The van der Waals surface area contributed by atoms with Gasteiger partial charge in [-0.05, 0) is 30.5 Å². The third-order valence-electron chi connectivity index (χ3n) is 3.82. The highest BCUT2D eigenvalue weighted by Gasteiger charge is 2.31. The molecular formula is C16H22N2O2S. The molecule has 21 heavy (non-hydrogen) atoms. The van der Waals surface area contributed by atoms with E-state index in [1.54, 1.807) is 7.05 Å². The molecule has 1 aromatic carbocycles. The molecular weight excluding hydrogens is 284 g/mol. The fraction of sp³-hybridized carbons (Fsp3) is 0.500. The number of hydrogen-bond donors (Lipinski definition) is 1. The van der Waals surface area contributed by atoms with Crippen LogP contribution in [0, 0.1) is 11.8 Å². The summed E-state index contributed by atoms with van der Waals surface area (Å²) >= 11 is 0. The molecule has 1 aromatic rings. The average Bonchev–Trinajstić information content (AvgIpc) is 3.00. The van der Waals surface area contributed by atoms with Crippen LogP contribution in [-0.2, 0) is 16.6 Å². The van der Waals surface area contributed by atoms with Crippen molar-refractivity contribution in [2.45, 2.75) is 37.5 Å². The van der Waals surface area contributed by atoms with E-state index < -0.39 is 10.0 Å². The van der Waals surface area contributed by atoms with Gasteiger partial charge in [-0.25, -0.2) is 12.7 Å². The number of benzene rings is 1. The third kappa shape index (κ3) is 4.07. The molecule has 0 saturated heterocycles. The Labute approximate surface area is 127 Å². The molecule has 0 atom stereocenters. The molecule has 5 heteroatoms. The molecule has 1 fully saturated rings. The summed E-state index contributed by atoms with van der Waals surface area (Å²) < 4.78 is 26.4. The zero-order chi connectivity index (χ0) is 15.3. The first-order valence-electron chi connectivity index (χ1n) is 7.27. The summed E-state index contributed by atoms with van der Waals surface area (Å²) in [6.07, 6.45) is 3.60. The fourth-order valence-corrected chi connectivity index (χ4v) is 4.46. The lowest BCUT2D eigenvalue weighted by atomic mass is 10.1. The topological polar surface area (TPSA) is 63.4 Å². The van der Waals surface area contributed by atoms with Crippen molar-refractivity contribution in [1.82, 2.24) is 4.31 Å². The van der Waals surface area contributed by atoms with Crippen LogP contribution in [0.25, 0.3) is 0 Å². The molecule has 0 spiro atoms. The number of nitrogens with zero attached hydrogens (tertiary/aromatic N) is 1. The van der Waals surface area contributed by atoms with E-state index in [1.807, 2.05) is 24.3 Å². The predicted octanol–water partition coefficient (Wildman–Crippen LogP) is 1.70. The van der Waals surface area contributed by atoms with Gasteiger partial charge in [0, 0.05) is 19.2 Å². The normalized spacial score (nSPS) is 16.0. The second-order valence-corrected chi connectivity index (χ2v) is 7.73. The van der Waals surface area contributed by atoms with Gasteiger partial charge < -0.3 is 5.73 Å². The Bertz CT molecular complexity index is 638. The van der Waals surface area contributed by atoms with Crippen LogP contribution in [0.4, 0.5) is 0 Å². The summed E-state index contributed by atoms with van der Waals surface area (Å²) in [6.45, 7) is 0.706. The average molecular weight is 306 g/mol. The number of rotatable bonds is 4. The molecule has 1 aliphatic carbocycles. The van der Waals surface area contributed by atoms with Crippen LogP contribution in [0.2, 0.25) is 0 Å². The maximum Gasteiger partial charge on any atom is 0.217 e. The Balaban J connectivity index is 2.10. The van der Waals surface area contributed by atoms with E-state index in [4.69, 9.17) is 5.73 Å². The van der Waals surface area contributed by atoms with Crippen LogP contribution < -0.4 is 5.73 Å². The molecule has 0 heterocycles. The van der Waals surface area contributed by atoms with Gasteiger partial charge in [0.15, 0.2) is 0 Å². The van der Waals surface area contributed by atoms with Crippen LogP contribution >= 0.6 is 0 Å². The van der Waals surface area contributed by atoms with Crippen molar-refractivity contribution in [3.63, 3.8) is 0 Å². The highest BCUT2D eigenvalue weighted by Crippen LogP contribution is 2.27. The second-order valence-electron chi connectivity index (χ2n) is 5.41. The fourth-order valence-electron chi connectivity index (χ4n) is 2.69. The minimum Gasteiger partial charge on any atom is -0.320 e. The summed E-state index contributed by atoms with van der Waals surface area (Å²) in [6, 6.07) is 7.64. The lowest BCUT2D eigenvalue weighted by molar-refractivity contribution is 0.455.